The Kier molecular flexibility index (Phi) is 6.45. The fourth-order valence-corrected chi connectivity index (χ4v) is 5.95. The van der Waals surface area contributed by atoms with Crippen molar-refractivity contribution in [2.75, 3.05) is 22.1 Å². The van der Waals surface area contributed by atoms with Gasteiger partial charge in [0.1, 0.15) is 0 Å². The fourth-order valence-electron chi connectivity index (χ4n) is 5.77. The van der Waals surface area contributed by atoms with E-state index >= 15 is 0 Å². The summed E-state index contributed by atoms with van der Waals surface area (Å²) in [5.41, 5.74) is 4.23. The Morgan fingerprint density at radius 3 is 2.66 bits per heavy atom. The molecular weight excluding hydrogens is 458 g/mol. The molecule has 3 aliphatic rings. The Bertz CT molecular complexity index is 1220. The Morgan fingerprint density at radius 2 is 1.89 bits per heavy atom. The van der Waals surface area contributed by atoms with Crippen LogP contribution in [-0.2, 0) is 9.59 Å². The van der Waals surface area contributed by atoms with Gasteiger partial charge in [0, 0.05) is 17.7 Å². The van der Waals surface area contributed by atoms with Gasteiger partial charge < -0.3 is 15.5 Å². The van der Waals surface area contributed by atoms with Gasteiger partial charge in [-0.05, 0) is 61.3 Å². The SMILES string of the molecule is CC1(C)CC(=O)C2=C(C1)Nc1ccccc1N(CC(=O)Nc1ccccc1Cl)[C@H]2[C@@H]1CC=CCC1. The van der Waals surface area contributed by atoms with Crippen LogP contribution in [0.1, 0.15) is 46.0 Å². The van der Waals surface area contributed by atoms with Crippen molar-refractivity contribution in [2.45, 2.75) is 52.0 Å². The molecule has 35 heavy (non-hydrogen) atoms. The number of anilines is 3. The van der Waals surface area contributed by atoms with Crippen LogP contribution in [-0.4, -0.2) is 24.3 Å². The number of halogens is 1. The number of benzene rings is 2. The monoisotopic (exact) mass is 489 g/mol. The predicted molar refractivity (Wildman–Crippen MR) is 143 cm³/mol. The van der Waals surface area contributed by atoms with Gasteiger partial charge in [-0.1, -0.05) is 61.9 Å². The largest absolute Gasteiger partial charge is 0.357 e. The van der Waals surface area contributed by atoms with Crippen LogP contribution in [0.5, 0.6) is 0 Å². The van der Waals surface area contributed by atoms with E-state index in [1.165, 1.54) is 0 Å². The molecule has 1 heterocycles. The highest BCUT2D eigenvalue weighted by Crippen LogP contribution is 2.46. The third-order valence-corrected chi connectivity index (χ3v) is 7.60. The summed E-state index contributed by atoms with van der Waals surface area (Å²) in [6.45, 7) is 4.43. The summed E-state index contributed by atoms with van der Waals surface area (Å²) in [5.74, 6) is 0.278. The Labute approximate surface area is 212 Å². The van der Waals surface area contributed by atoms with Gasteiger partial charge in [-0.3, -0.25) is 9.59 Å². The second kappa shape index (κ2) is 9.54. The van der Waals surface area contributed by atoms with Crippen molar-refractivity contribution in [3.05, 3.63) is 77.0 Å². The first kappa shape index (κ1) is 23.7. The molecule has 0 saturated carbocycles. The van der Waals surface area contributed by atoms with Crippen LogP contribution in [0.3, 0.4) is 0 Å². The van der Waals surface area contributed by atoms with Gasteiger partial charge in [0.15, 0.2) is 5.78 Å². The van der Waals surface area contributed by atoms with Gasteiger partial charge in [0.25, 0.3) is 0 Å². The van der Waals surface area contributed by atoms with Crippen molar-refractivity contribution < 1.29 is 9.59 Å². The number of amides is 1. The molecule has 5 rings (SSSR count). The van der Waals surface area contributed by atoms with Gasteiger partial charge in [0.2, 0.25) is 5.91 Å². The molecule has 2 N–H and O–H groups in total. The maximum atomic E-state index is 13.7. The zero-order chi connectivity index (χ0) is 24.6. The van der Waals surface area contributed by atoms with E-state index in [0.29, 0.717) is 17.1 Å². The number of nitrogens with one attached hydrogen (secondary N) is 2. The van der Waals surface area contributed by atoms with Gasteiger partial charge in [-0.25, -0.2) is 0 Å². The molecule has 2 aromatic rings. The maximum absolute atomic E-state index is 13.7. The van der Waals surface area contributed by atoms with E-state index in [1.807, 2.05) is 36.4 Å². The fraction of sp³-hybridized carbons (Fsp3) is 0.379. The summed E-state index contributed by atoms with van der Waals surface area (Å²) < 4.78 is 0. The van der Waals surface area contributed by atoms with Crippen molar-refractivity contribution in [1.82, 2.24) is 0 Å². The molecule has 0 saturated heterocycles. The first-order valence-corrected chi connectivity index (χ1v) is 12.8. The van der Waals surface area contributed by atoms with Gasteiger partial charge in [-0.15, -0.1) is 0 Å². The smallest absolute Gasteiger partial charge is 0.243 e. The highest BCUT2D eigenvalue weighted by atomic mass is 35.5. The Balaban J connectivity index is 1.59. The predicted octanol–water partition coefficient (Wildman–Crippen LogP) is 6.58. The molecule has 0 bridgehead atoms. The van der Waals surface area contributed by atoms with Gasteiger partial charge in [-0.2, -0.15) is 0 Å². The number of hydrogen-bond donors (Lipinski definition) is 2. The first-order valence-electron chi connectivity index (χ1n) is 12.4. The number of hydrogen-bond acceptors (Lipinski definition) is 4. The number of ketones is 1. The standard InChI is InChI=1S/C29H32ClN3O2/c1-29(2)16-23-27(25(34)17-29)28(19-10-4-3-5-11-19)33(24-15-9-8-14-22(24)31-23)18-26(35)32-21-13-7-6-12-20(21)30/h3-4,6-9,12-15,19,28,31H,5,10-11,16-18H2,1-2H3,(H,32,35)/t19-,28+/m1/s1. The molecule has 0 fully saturated rings. The number of nitrogens with zero attached hydrogens (tertiary/aromatic N) is 1. The van der Waals surface area contributed by atoms with Crippen molar-refractivity contribution in [2.24, 2.45) is 11.3 Å². The number of Topliss-reactive ketones (excluding diaryl/α,β-unsaturated/α-hetero) is 1. The van der Waals surface area contributed by atoms with E-state index in [0.717, 1.165) is 48.3 Å². The summed E-state index contributed by atoms with van der Waals surface area (Å²) in [4.78, 5) is 29.2. The number of rotatable bonds is 4. The summed E-state index contributed by atoms with van der Waals surface area (Å²) >= 11 is 6.31. The van der Waals surface area contributed by atoms with Crippen LogP contribution >= 0.6 is 11.6 Å². The number of para-hydroxylation sites is 3. The molecule has 0 aromatic heterocycles. The van der Waals surface area contributed by atoms with E-state index in [1.54, 1.807) is 12.1 Å². The second-order valence-electron chi connectivity index (χ2n) is 10.6. The summed E-state index contributed by atoms with van der Waals surface area (Å²) in [7, 11) is 0. The topological polar surface area (TPSA) is 61.4 Å². The molecule has 1 amide bonds. The molecule has 6 heteroatoms. The minimum atomic E-state index is -0.174. The number of carbonyl (C=O) groups is 2. The lowest BCUT2D eigenvalue weighted by Crippen LogP contribution is -2.49. The van der Waals surface area contributed by atoms with Crippen LogP contribution in [0, 0.1) is 11.3 Å². The third-order valence-electron chi connectivity index (χ3n) is 7.27. The first-order chi connectivity index (χ1) is 16.8. The van der Waals surface area contributed by atoms with E-state index < -0.39 is 0 Å². The number of allylic oxidation sites excluding steroid dienone is 3. The van der Waals surface area contributed by atoms with Gasteiger partial charge in [0.05, 0.1) is 34.7 Å². The minimum absolute atomic E-state index is 0.106. The molecule has 2 aromatic carbocycles. The lowest BCUT2D eigenvalue weighted by Gasteiger charge is -2.41. The number of carbonyl (C=O) groups excluding carboxylic acids is 2. The second-order valence-corrected chi connectivity index (χ2v) is 11.0. The highest BCUT2D eigenvalue weighted by molar-refractivity contribution is 6.33. The molecule has 0 radical (unpaired) electrons. The van der Waals surface area contributed by atoms with Crippen LogP contribution in [0.15, 0.2) is 72.0 Å². The lowest BCUT2D eigenvalue weighted by atomic mass is 9.71. The van der Waals surface area contributed by atoms with Gasteiger partial charge >= 0.3 is 0 Å². The average Bonchev–Trinajstić information content (AvgIpc) is 2.95. The van der Waals surface area contributed by atoms with Crippen molar-refractivity contribution >= 4 is 40.4 Å². The van der Waals surface area contributed by atoms with E-state index in [2.05, 4.69) is 41.5 Å². The van der Waals surface area contributed by atoms with Crippen LogP contribution in [0.4, 0.5) is 17.1 Å². The molecule has 2 aliphatic carbocycles. The van der Waals surface area contributed by atoms with Crippen molar-refractivity contribution in [3.8, 4) is 0 Å². The Hall–Kier alpha value is -3.05. The molecular formula is C29H32ClN3O2. The molecule has 5 nitrogen and oxygen atoms in total. The molecule has 0 spiro atoms. The third kappa shape index (κ3) is 4.87. The molecule has 1 aliphatic heterocycles. The quantitative estimate of drug-likeness (QED) is 0.476. The van der Waals surface area contributed by atoms with E-state index in [-0.39, 0.29) is 35.6 Å². The van der Waals surface area contributed by atoms with Crippen LogP contribution in [0.2, 0.25) is 5.02 Å². The zero-order valence-corrected chi connectivity index (χ0v) is 21.1. The minimum Gasteiger partial charge on any atom is -0.357 e. The summed E-state index contributed by atoms with van der Waals surface area (Å²) in [5, 5.41) is 7.11. The molecule has 0 unspecified atom stereocenters. The molecule has 2 atom stereocenters. The number of fused-ring (bicyclic) bond motifs is 1. The highest BCUT2D eigenvalue weighted by Gasteiger charge is 2.43. The van der Waals surface area contributed by atoms with Crippen LogP contribution < -0.4 is 15.5 Å². The average molecular weight is 490 g/mol. The van der Waals surface area contributed by atoms with Crippen LogP contribution in [0.25, 0.3) is 0 Å². The Morgan fingerprint density at radius 1 is 1.11 bits per heavy atom. The summed E-state index contributed by atoms with van der Waals surface area (Å²) in [6.07, 6.45) is 8.62. The lowest BCUT2D eigenvalue weighted by molar-refractivity contribution is -0.119. The van der Waals surface area contributed by atoms with E-state index in [4.69, 9.17) is 11.6 Å². The normalized spacial score (nSPS) is 23.2. The van der Waals surface area contributed by atoms with Crippen molar-refractivity contribution in [3.63, 3.8) is 0 Å². The van der Waals surface area contributed by atoms with E-state index in [9.17, 15) is 9.59 Å². The maximum Gasteiger partial charge on any atom is 0.243 e. The van der Waals surface area contributed by atoms with Crippen molar-refractivity contribution in [1.29, 1.82) is 0 Å². The molecule has 182 valence electrons. The summed E-state index contributed by atoms with van der Waals surface area (Å²) in [6, 6.07) is 15.1. The zero-order valence-electron chi connectivity index (χ0n) is 20.3.